The van der Waals surface area contributed by atoms with Gasteiger partial charge in [-0.15, -0.1) is 11.3 Å². The van der Waals surface area contributed by atoms with Gasteiger partial charge in [0.1, 0.15) is 10.3 Å². The van der Waals surface area contributed by atoms with E-state index in [-0.39, 0.29) is 5.92 Å². The third-order valence-corrected chi connectivity index (χ3v) is 11.5. The molecule has 0 spiro atoms. The number of benzene rings is 6. The van der Waals surface area contributed by atoms with Crippen molar-refractivity contribution in [3.05, 3.63) is 179 Å². The number of imidazole rings is 1. The van der Waals surface area contributed by atoms with Crippen LogP contribution in [0.15, 0.2) is 151 Å². The first-order valence-corrected chi connectivity index (χ1v) is 17.4. The summed E-state index contributed by atoms with van der Waals surface area (Å²) in [6, 6.07) is 54.4. The van der Waals surface area contributed by atoms with E-state index >= 15 is 0 Å². The van der Waals surface area contributed by atoms with Gasteiger partial charge < -0.3 is 0 Å². The molecule has 3 heterocycles. The van der Waals surface area contributed by atoms with Crippen LogP contribution in [0.5, 0.6) is 0 Å². The number of hydrogen-bond donors (Lipinski definition) is 0. The molecule has 0 saturated heterocycles. The van der Waals surface area contributed by atoms with Crippen LogP contribution in [0.2, 0.25) is 0 Å². The van der Waals surface area contributed by atoms with Gasteiger partial charge in [0.2, 0.25) is 5.95 Å². The van der Waals surface area contributed by atoms with Gasteiger partial charge in [-0.05, 0) is 74.3 Å². The first-order chi connectivity index (χ1) is 24.2. The zero-order chi connectivity index (χ0) is 32.5. The molecule has 6 aromatic carbocycles. The fourth-order valence-electron chi connectivity index (χ4n) is 8.08. The first-order valence-electron chi connectivity index (χ1n) is 16.6. The number of fused-ring (bicyclic) bond motifs is 8. The number of nitriles is 1. The molecule has 1 atom stereocenters. The number of aromatic nitrogens is 2. The van der Waals surface area contributed by atoms with Gasteiger partial charge in [-0.3, -0.25) is 4.57 Å². The second kappa shape index (κ2) is 10.7. The summed E-state index contributed by atoms with van der Waals surface area (Å²) in [5.41, 5.74) is 11.9. The van der Waals surface area contributed by atoms with Crippen molar-refractivity contribution >= 4 is 43.9 Å². The number of nitrogens with zero attached hydrogens (tertiary/aromatic N) is 4. The highest BCUT2D eigenvalue weighted by molar-refractivity contribution is 7.25. The molecular formula is C44H28N4S. The van der Waals surface area contributed by atoms with Crippen LogP contribution in [0.3, 0.4) is 0 Å². The van der Waals surface area contributed by atoms with Gasteiger partial charge in [-0.25, -0.2) is 9.98 Å². The Bertz CT molecular complexity index is 2600. The summed E-state index contributed by atoms with van der Waals surface area (Å²) >= 11 is 1.79. The van der Waals surface area contributed by atoms with Gasteiger partial charge in [-0.2, -0.15) is 5.26 Å². The van der Waals surface area contributed by atoms with Crippen molar-refractivity contribution in [1.29, 1.82) is 5.26 Å². The maximum absolute atomic E-state index is 9.96. The molecule has 8 aromatic rings. The van der Waals surface area contributed by atoms with Crippen LogP contribution in [-0.2, 0) is 12.0 Å². The Labute approximate surface area is 287 Å². The van der Waals surface area contributed by atoms with E-state index in [9.17, 15) is 5.26 Å². The molecule has 0 saturated carbocycles. The Morgan fingerprint density at radius 3 is 2.08 bits per heavy atom. The van der Waals surface area contributed by atoms with Crippen LogP contribution in [-0.4, -0.2) is 15.8 Å². The van der Waals surface area contributed by atoms with Crippen molar-refractivity contribution in [2.75, 3.05) is 0 Å². The minimum absolute atomic E-state index is 0.164. The molecule has 0 radical (unpaired) electrons. The molecule has 1 unspecified atom stereocenters. The van der Waals surface area contributed by atoms with Crippen molar-refractivity contribution < 1.29 is 0 Å². The average Bonchev–Trinajstić information content (AvgIpc) is 3.81. The standard InChI is InChI=1S/C44H28N4S/c45-25-28-15-21-35-36-22-20-31(24-39(36)44(38(35)23-28,33-9-3-1-4-10-33)34-11-5-2-6-12-34)29-16-18-30(19-17-29)32-26-46-43-47-41-37-13-7-8-14-40(37)49-42(41)48(43)27-32/h1-24,26,32H,27H2. The van der Waals surface area contributed by atoms with Crippen molar-refractivity contribution in [3.63, 3.8) is 0 Å². The maximum Gasteiger partial charge on any atom is 0.230 e. The molecule has 49 heavy (non-hydrogen) atoms. The van der Waals surface area contributed by atoms with Crippen LogP contribution < -0.4 is 0 Å². The quantitative estimate of drug-likeness (QED) is 0.191. The summed E-state index contributed by atoms with van der Waals surface area (Å²) in [7, 11) is 0. The molecule has 2 aliphatic rings. The fourth-order valence-corrected chi connectivity index (χ4v) is 9.23. The van der Waals surface area contributed by atoms with Gasteiger partial charge >= 0.3 is 0 Å². The van der Waals surface area contributed by atoms with E-state index in [0.29, 0.717) is 5.56 Å². The predicted octanol–water partition coefficient (Wildman–Crippen LogP) is 10.7. The van der Waals surface area contributed by atoms with Crippen LogP contribution in [0, 0.1) is 11.3 Å². The molecule has 1 aliphatic heterocycles. The molecule has 4 nitrogen and oxygen atoms in total. The molecule has 230 valence electrons. The van der Waals surface area contributed by atoms with Crippen molar-refractivity contribution in [3.8, 4) is 28.3 Å². The average molecular weight is 645 g/mol. The molecule has 1 aliphatic carbocycles. The summed E-state index contributed by atoms with van der Waals surface area (Å²) in [6.07, 6.45) is 2.05. The second-order valence-electron chi connectivity index (χ2n) is 12.9. The summed E-state index contributed by atoms with van der Waals surface area (Å²) < 4.78 is 3.54. The molecule has 0 N–H and O–H groups in total. The van der Waals surface area contributed by atoms with Crippen molar-refractivity contribution in [2.24, 2.45) is 4.99 Å². The van der Waals surface area contributed by atoms with Gasteiger partial charge in [0, 0.05) is 28.8 Å². The lowest BCUT2D eigenvalue weighted by Crippen LogP contribution is -2.28. The molecule has 0 amide bonds. The van der Waals surface area contributed by atoms with E-state index in [1.165, 1.54) is 53.9 Å². The van der Waals surface area contributed by atoms with Crippen molar-refractivity contribution in [1.82, 2.24) is 9.55 Å². The lowest BCUT2D eigenvalue weighted by atomic mass is 9.67. The van der Waals surface area contributed by atoms with Crippen molar-refractivity contribution in [2.45, 2.75) is 17.9 Å². The highest BCUT2D eigenvalue weighted by Crippen LogP contribution is 2.57. The van der Waals surface area contributed by atoms with Crippen LogP contribution in [0.1, 0.15) is 39.3 Å². The highest BCUT2D eigenvalue weighted by Gasteiger charge is 2.46. The lowest BCUT2D eigenvalue weighted by Gasteiger charge is -2.34. The maximum atomic E-state index is 9.96. The minimum Gasteiger partial charge on any atom is -0.299 e. The van der Waals surface area contributed by atoms with Gasteiger partial charge in [0.25, 0.3) is 0 Å². The Morgan fingerprint density at radius 1 is 0.694 bits per heavy atom. The van der Waals surface area contributed by atoms with E-state index in [0.717, 1.165) is 29.1 Å². The summed E-state index contributed by atoms with van der Waals surface area (Å²) in [5, 5.41) is 11.2. The van der Waals surface area contributed by atoms with Gasteiger partial charge in [-0.1, -0.05) is 121 Å². The van der Waals surface area contributed by atoms with E-state index in [1.807, 2.05) is 6.07 Å². The summed E-state index contributed by atoms with van der Waals surface area (Å²) in [5.74, 6) is 0.957. The zero-order valence-corrected chi connectivity index (χ0v) is 27.2. The van der Waals surface area contributed by atoms with Crippen LogP contribution in [0.25, 0.3) is 42.7 Å². The molecule has 0 fully saturated rings. The third-order valence-electron chi connectivity index (χ3n) is 10.4. The topological polar surface area (TPSA) is 54.0 Å². The number of rotatable bonds is 4. The van der Waals surface area contributed by atoms with Crippen LogP contribution in [0.4, 0.5) is 5.95 Å². The summed E-state index contributed by atoms with van der Waals surface area (Å²) in [6.45, 7) is 0.819. The summed E-state index contributed by atoms with van der Waals surface area (Å²) in [4.78, 5) is 10.9. The molecular weight excluding hydrogens is 617 g/mol. The lowest BCUT2D eigenvalue weighted by molar-refractivity contribution is 0.672. The van der Waals surface area contributed by atoms with E-state index in [1.54, 1.807) is 11.3 Å². The van der Waals surface area contributed by atoms with Gasteiger partial charge in [0.15, 0.2) is 0 Å². The molecule has 5 heteroatoms. The molecule has 2 aromatic heterocycles. The monoisotopic (exact) mass is 644 g/mol. The second-order valence-corrected chi connectivity index (χ2v) is 13.9. The SMILES string of the molecule is N#Cc1ccc2c(c1)C(c1ccccc1)(c1ccccc1)c1cc(-c3ccc(C4C=Nc5nc6c7ccccc7sc6n5C4)cc3)ccc1-2. The largest absolute Gasteiger partial charge is 0.299 e. The Hall–Kier alpha value is -6.09. The normalized spacial score (nSPS) is 15.5. The van der Waals surface area contributed by atoms with Crippen LogP contribution >= 0.6 is 11.3 Å². The number of hydrogen-bond acceptors (Lipinski definition) is 4. The molecule has 10 rings (SSSR count). The predicted molar refractivity (Wildman–Crippen MR) is 200 cm³/mol. The highest BCUT2D eigenvalue weighted by atomic mass is 32.1. The van der Waals surface area contributed by atoms with E-state index in [4.69, 9.17) is 9.98 Å². The zero-order valence-electron chi connectivity index (χ0n) is 26.4. The molecule has 0 bridgehead atoms. The van der Waals surface area contributed by atoms with E-state index in [2.05, 4.69) is 156 Å². The van der Waals surface area contributed by atoms with E-state index < -0.39 is 5.41 Å². The van der Waals surface area contributed by atoms with Gasteiger partial charge in [0.05, 0.1) is 17.0 Å². The fraction of sp³-hybridized carbons (Fsp3) is 0.0682. The number of thiophene rings is 1. The smallest absolute Gasteiger partial charge is 0.230 e. The number of aliphatic imine (C=N–C) groups is 1. The third kappa shape index (κ3) is 4.08. The first kappa shape index (κ1) is 28.0. The minimum atomic E-state index is -0.561. The Kier molecular flexibility index (Phi) is 6.12. The Balaban J connectivity index is 1.06. The Morgan fingerprint density at radius 2 is 1.35 bits per heavy atom.